The molecule has 0 saturated carbocycles. The maximum atomic E-state index is 13.3. The van der Waals surface area contributed by atoms with Crippen LogP contribution < -0.4 is 14.8 Å². The molecule has 0 radical (unpaired) electrons. The number of alkyl carbamates (subject to hydrolysis) is 1. The van der Waals surface area contributed by atoms with E-state index in [1.165, 1.54) is 16.9 Å². The quantitative estimate of drug-likeness (QED) is 0.332. The molecule has 3 aliphatic heterocycles. The number of nitrogens with zero attached hydrogens (tertiary/aromatic N) is 2. The lowest BCUT2D eigenvalue weighted by atomic mass is 9.85. The van der Waals surface area contributed by atoms with Crippen molar-refractivity contribution in [3.8, 4) is 11.5 Å². The van der Waals surface area contributed by atoms with Crippen molar-refractivity contribution in [2.24, 2.45) is 5.41 Å². The molecule has 2 N–H and O–H groups in total. The van der Waals surface area contributed by atoms with E-state index >= 15 is 0 Å². The molecule has 12 nitrogen and oxygen atoms in total. The van der Waals surface area contributed by atoms with Gasteiger partial charge < -0.3 is 34.3 Å². The highest BCUT2D eigenvalue weighted by atomic mass is 16.7. The van der Waals surface area contributed by atoms with E-state index in [9.17, 15) is 24.3 Å². The lowest BCUT2D eigenvalue weighted by Crippen LogP contribution is -2.56. The van der Waals surface area contributed by atoms with Gasteiger partial charge in [-0.15, -0.1) is 0 Å². The fourth-order valence-electron chi connectivity index (χ4n) is 5.37. The maximum Gasteiger partial charge on any atom is 0.407 e. The van der Waals surface area contributed by atoms with Gasteiger partial charge in [0.25, 0.3) is 0 Å². The molecule has 4 rings (SSSR count). The number of esters is 1. The summed E-state index contributed by atoms with van der Waals surface area (Å²) in [4.78, 5) is 52.3. The Kier molecular flexibility index (Phi) is 9.29. The third-order valence-corrected chi connectivity index (χ3v) is 7.55. The van der Waals surface area contributed by atoms with E-state index in [1.54, 1.807) is 0 Å². The molecule has 0 aromatic heterocycles. The number of likely N-dealkylation sites (tertiary alicyclic amines) is 1. The Balaban J connectivity index is 1.26. The standard InChI is InChI=1S/C29H39N3O9/c1-29(2,3)24(25(33)32-12-9-11-21(32)26(34)38-4)30-27(35)39-13-8-6-5-7-10-19-20-16-31(28(36)37)15-18(20)14-22-23(19)41-17-40-22/h7,10,14,21,24H,5-6,8-9,11-13,15-17H2,1-4H3,(H,30,35)(H,36,37)/b10-7-/t21?,24-/m1/s1. The highest BCUT2D eigenvalue weighted by Gasteiger charge is 2.42. The van der Waals surface area contributed by atoms with Crippen molar-refractivity contribution in [2.45, 2.75) is 78.0 Å². The summed E-state index contributed by atoms with van der Waals surface area (Å²) in [7, 11) is 1.30. The van der Waals surface area contributed by atoms with E-state index in [-0.39, 0.29) is 19.3 Å². The largest absolute Gasteiger partial charge is 0.467 e. The number of amides is 3. The fourth-order valence-corrected chi connectivity index (χ4v) is 5.37. The number of carbonyl (C=O) groups excluding carboxylic acids is 3. The minimum Gasteiger partial charge on any atom is -0.467 e. The zero-order valence-electron chi connectivity index (χ0n) is 24.1. The van der Waals surface area contributed by atoms with Gasteiger partial charge in [0, 0.05) is 18.7 Å². The molecule has 41 heavy (non-hydrogen) atoms. The molecular formula is C29H39N3O9. The number of hydrogen-bond donors (Lipinski definition) is 2. The number of benzene rings is 1. The van der Waals surface area contributed by atoms with E-state index in [4.69, 9.17) is 18.9 Å². The Morgan fingerprint density at radius 3 is 2.68 bits per heavy atom. The number of unbranched alkanes of at least 4 members (excludes halogenated alkanes) is 2. The molecule has 3 aliphatic rings. The van der Waals surface area contributed by atoms with Crippen LogP contribution in [0, 0.1) is 5.41 Å². The molecule has 224 valence electrons. The molecule has 12 heteroatoms. The first-order valence-electron chi connectivity index (χ1n) is 13.9. The van der Waals surface area contributed by atoms with Gasteiger partial charge in [0.1, 0.15) is 12.1 Å². The van der Waals surface area contributed by atoms with Crippen LogP contribution in [0.3, 0.4) is 0 Å². The average Bonchev–Trinajstić information content (AvgIpc) is 3.68. The van der Waals surface area contributed by atoms with Gasteiger partial charge >= 0.3 is 18.2 Å². The summed E-state index contributed by atoms with van der Waals surface area (Å²) < 4.78 is 21.4. The van der Waals surface area contributed by atoms with Crippen LogP contribution in [0.2, 0.25) is 0 Å². The monoisotopic (exact) mass is 573 g/mol. The molecule has 1 aromatic rings. The van der Waals surface area contributed by atoms with Crippen molar-refractivity contribution in [3.05, 3.63) is 28.8 Å². The molecule has 1 fully saturated rings. The van der Waals surface area contributed by atoms with Crippen molar-refractivity contribution >= 4 is 30.1 Å². The maximum absolute atomic E-state index is 13.3. The van der Waals surface area contributed by atoms with Crippen LogP contribution in [0.4, 0.5) is 9.59 Å². The number of ether oxygens (including phenoxy) is 4. The predicted octanol–water partition coefficient (Wildman–Crippen LogP) is 3.90. The second-order valence-electron chi connectivity index (χ2n) is 11.5. The normalized spacial score (nSPS) is 18.4. The summed E-state index contributed by atoms with van der Waals surface area (Å²) in [6, 6.07) is 0.345. The minimum absolute atomic E-state index is 0.132. The lowest BCUT2D eigenvalue weighted by Gasteiger charge is -2.34. The third-order valence-electron chi connectivity index (χ3n) is 7.55. The SMILES string of the molecule is COC(=O)C1CCCN1C(=O)[C@@H](NC(=O)OCCCC/C=C\c1c2c(cc3c1OCO3)CN(C(=O)O)C2)C(C)(C)C. The summed E-state index contributed by atoms with van der Waals surface area (Å²) in [5.41, 5.74) is 2.06. The summed E-state index contributed by atoms with van der Waals surface area (Å²) in [5.74, 6) is 0.464. The molecule has 0 bridgehead atoms. The van der Waals surface area contributed by atoms with Crippen LogP contribution in [0.15, 0.2) is 12.1 Å². The van der Waals surface area contributed by atoms with Crippen LogP contribution >= 0.6 is 0 Å². The van der Waals surface area contributed by atoms with E-state index in [0.29, 0.717) is 56.8 Å². The summed E-state index contributed by atoms with van der Waals surface area (Å²) in [6.45, 7) is 6.89. The van der Waals surface area contributed by atoms with Gasteiger partial charge in [-0.05, 0) is 54.7 Å². The topological polar surface area (TPSA) is 144 Å². The Morgan fingerprint density at radius 2 is 1.98 bits per heavy atom. The molecule has 1 saturated heterocycles. The first-order valence-corrected chi connectivity index (χ1v) is 13.9. The Hall–Kier alpha value is -3.96. The summed E-state index contributed by atoms with van der Waals surface area (Å²) in [6.07, 6.45) is 5.56. The third kappa shape index (κ3) is 6.86. The molecule has 3 amide bonds. The number of rotatable bonds is 9. The molecule has 2 atom stereocenters. The first-order chi connectivity index (χ1) is 19.5. The molecule has 0 spiro atoms. The first kappa shape index (κ1) is 30.0. The highest BCUT2D eigenvalue weighted by Crippen LogP contribution is 2.43. The van der Waals surface area contributed by atoms with Crippen LogP contribution in [-0.4, -0.2) is 78.1 Å². The van der Waals surface area contributed by atoms with E-state index in [2.05, 4.69) is 5.32 Å². The van der Waals surface area contributed by atoms with Gasteiger partial charge in [0.05, 0.1) is 20.3 Å². The van der Waals surface area contributed by atoms with Gasteiger partial charge in [-0.2, -0.15) is 0 Å². The Morgan fingerprint density at radius 1 is 1.20 bits per heavy atom. The van der Waals surface area contributed by atoms with E-state index in [1.807, 2.05) is 39.0 Å². The van der Waals surface area contributed by atoms with Crippen LogP contribution in [0.25, 0.3) is 6.08 Å². The van der Waals surface area contributed by atoms with Crippen molar-refractivity contribution in [2.75, 3.05) is 27.1 Å². The fraction of sp³-hybridized carbons (Fsp3) is 0.586. The van der Waals surface area contributed by atoms with Gasteiger partial charge in [0.2, 0.25) is 12.7 Å². The molecule has 0 aliphatic carbocycles. The van der Waals surface area contributed by atoms with Gasteiger partial charge in [-0.3, -0.25) is 9.69 Å². The predicted molar refractivity (Wildman–Crippen MR) is 147 cm³/mol. The molecule has 3 heterocycles. The Labute approximate surface area is 239 Å². The highest BCUT2D eigenvalue weighted by molar-refractivity contribution is 5.90. The smallest absolute Gasteiger partial charge is 0.407 e. The average molecular weight is 574 g/mol. The minimum atomic E-state index is -0.971. The lowest BCUT2D eigenvalue weighted by molar-refractivity contribution is -0.152. The number of carbonyl (C=O) groups is 4. The van der Waals surface area contributed by atoms with Crippen molar-refractivity contribution in [1.82, 2.24) is 15.1 Å². The second-order valence-corrected chi connectivity index (χ2v) is 11.5. The number of hydrogen-bond acceptors (Lipinski definition) is 8. The molecule has 1 aromatic carbocycles. The number of methoxy groups -OCH3 is 1. The number of allylic oxidation sites excluding steroid dienone is 1. The van der Waals surface area contributed by atoms with Crippen molar-refractivity contribution < 1.29 is 43.2 Å². The number of fused-ring (bicyclic) bond motifs is 2. The van der Waals surface area contributed by atoms with Gasteiger partial charge in [-0.1, -0.05) is 32.9 Å². The summed E-state index contributed by atoms with van der Waals surface area (Å²) in [5, 5.41) is 12.1. The summed E-state index contributed by atoms with van der Waals surface area (Å²) >= 11 is 0. The Bertz CT molecular complexity index is 1210. The van der Waals surface area contributed by atoms with Crippen molar-refractivity contribution in [3.63, 3.8) is 0 Å². The van der Waals surface area contributed by atoms with Crippen LogP contribution in [0.5, 0.6) is 11.5 Å². The zero-order chi connectivity index (χ0) is 29.7. The van der Waals surface area contributed by atoms with Gasteiger partial charge in [0.15, 0.2) is 11.5 Å². The molecule has 1 unspecified atom stereocenters. The zero-order valence-corrected chi connectivity index (χ0v) is 24.1. The van der Waals surface area contributed by atoms with E-state index < -0.39 is 35.7 Å². The van der Waals surface area contributed by atoms with Crippen LogP contribution in [-0.2, 0) is 32.2 Å². The number of carboxylic acid groups (broad SMARTS) is 1. The van der Waals surface area contributed by atoms with Crippen LogP contribution in [0.1, 0.15) is 69.6 Å². The second kappa shape index (κ2) is 12.7. The number of nitrogens with one attached hydrogen (secondary N) is 1. The van der Waals surface area contributed by atoms with E-state index in [0.717, 1.165) is 23.1 Å². The molecular weight excluding hydrogens is 534 g/mol. The van der Waals surface area contributed by atoms with Crippen molar-refractivity contribution in [1.29, 1.82) is 0 Å². The van der Waals surface area contributed by atoms with Gasteiger partial charge in [-0.25, -0.2) is 14.4 Å².